The van der Waals surface area contributed by atoms with E-state index < -0.39 is 0 Å². The summed E-state index contributed by atoms with van der Waals surface area (Å²) >= 11 is 0. The van der Waals surface area contributed by atoms with Gasteiger partial charge in [0.2, 0.25) is 0 Å². The topological polar surface area (TPSA) is 73.5 Å². The van der Waals surface area contributed by atoms with Gasteiger partial charge in [-0.3, -0.25) is 0 Å². The Morgan fingerprint density at radius 3 is 2.44 bits per heavy atom. The molecule has 1 aliphatic carbocycles. The maximum absolute atomic E-state index is 5.94. The Kier molecular flexibility index (Phi) is 9.38. The molecule has 0 atom stereocenters. The van der Waals surface area contributed by atoms with Gasteiger partial charge in [-0.05, 0) is 32.6 Å². The minimum absolute atomic E-state index is 0. The largest absolute Gasteiger partial charge is 0.378 e. The van der Waals surface area contributed by atoms with Crippen LogP contribution >= 0.6 is 24.8 Å². The zero-order valence-corrected chi connectivity index (χ0v) is 16.7. The van der Waals surface area contributed by atoms with E-state index in [-0.39, 0.29) is 24.8 Å². The molecule has 0 bridgehead atoms. The molecule has 1 saturated heterocycles. The molecule has 1 aromatic rings. The van der Waals surface area contributed by atoms with Crippen molar-refractivity contribution in [1.82, 2.24) is 9.97 Å². The highest BCUT2D eigenvalue weighted by atomic mass is 35.5. The highest BCUT2D eigenvalue weighted by Crippen LogP contribution is 2.36. The quantitative estimate of drug-likeness (QED) is 0.801. The van der Waals surface area contributed by atoms with Crippen molar-refractivity contribution >= 4 is 30.6 Å². The lowest BCUT2D eigenvalue weighted by Gasteiger charge is -2.35. The van der Waals surface area contributed by atoms with Crippen molar-refractivity contribution in [3.63, 3.8) is 0 Å². The number of nitrogens with two attached hydrogens (primary N) is 1. The highest BCUT2D eigenvalue weighted by Gasteiger charge is 2.30. The average Bonchev–Trinajstić information content (AvgIpc) is 2.53. The molecule has 1 aromatic heterocycles. The van der Waals surface area contributed by atoms with Crippen molar-refractivity contribution in [3.05, 3.63) is 17.6 Å². The number of piperidine rings is 1. The maximum Gasteiger partial charge on any atom is 0.156 e. The van der Waals surface area contributed by atoms with Crippen LogP contribution in [0.3, 0.4) is 0 Å². The zero-order valence-electron chi connectivity index (χ0n) is 15.0. The van der Waals surface area contributed by atoms with Gasteiger partial charge in [0.15, 0.2) is 5.82 Å². The molecule has 144 valence electrons. The van der Waals surface area contributed by atoms with Crippen LogP contribution in [0.5, 0.6) is 0 Å². The Bertz CT molecular complexity index is 521. The number of aromatic nitrogens is 2. The Hall–Kier alpha value is -0.660. The van der Waals surface area contributed by atoms with E-state index in [2.05, 4.69) is 22.9 Å². The predicted octanol–water partition coefficient (Wildman–Crippen LogP) is 2.68. The number of anilines is 1. The van der Waals surface area contributed by atoms with Gasteiger partial charge < -0.3 is 20.1 Å². The van der Waals surface area contributed by atoms with Gasteiger partial charge in [-0.15, -0.1) is 24.8 Å². The first-order valence-electron chi connectivity index (χ1n) is 8.68. The second-order valence-corrected chi connectivity index (χ2v) is 6.57. The van der Waals surface area contributed by atoms with Gasteiger partial charge in [0.25, 0.3) is 0 Å². The summed E-state index contributed by atoms with van der Waals surface area (Å²) in [4.78, 5) is 11.7. The van der Waals surface area contributed by atoms with Crippen molar-refractivity contribution in [2.75, 3.05) is 31.7 Å². The molecule has 1 saturated carbocycles. The van der Waals surface area contributed by atoms with E-state index in [9.17, 15) is 0 Å². The van der Waals surface area contributed by atoms with Crippen LogP contribution < -0.4 is 10.6 Å². The lowest BCUT2D eigenvalue weighted by Crippen LogP contribution is -2.38. The molecule has 2 N–H and O–H groups in total. The number of hydrogen-bond acceptors (Lipinski definition) is 6. The Balaban J connectivity index is 0.00000156. The molecule has 1 aliphatic heterocycles. The summed E-state index contributed by atoms with van der Waals surface area (Å²) in [7, 11) is 1.68. The number of hydrogen-bond donors (Lipinski definition) is 1. The fourth-order valence-electron chi connectivity index (χ4n) is 3.46. The fraction of sp³-hybridized carbons (Fsp3) is 0.765. The molecule has 0 radical (unpaired) electrons. The molecular formula is C17H30Cl2N4O2. The smallest absolute Gasteiger partial charge is 0.156 e. The molecule has 2 heterocycles. The summed E-state index contributed by atoms with van der Waals surface area (Å²) < 4.78 is 11.0. The molecule has 2 aliphatic rings. The molecule has 0 aromatic carbocycles. The van der Waals surface area contributed by atoms with Crippen molar-refractivity contribution < 1.29 is 9.47 Å². The standard InChI is InChI=1S/C17H28N4O2.2ClH/c1-3-23-14-4-6-21(7-5-14)17-10-15(12-8-13(18)9-12)19-16(20-17)11-22-2;;/h10,12-14H,3-9,11,18H2,1-2H3;2*1H. The van der Waals surface area contributed by atoms with Gasteiger partial charge in [0.1, 0.15) is 12.4 Å². The van der Waals surface area contributed by atoms with E-state index in [1.165, 1.54) is 0 Å². The number of ether oxygens (including phenoxy) is 2. The third kappa shape index (κ3) is 5.66. The predicted molar refractivity (Wildman–Crippen MR) is 104 cm³/mol. The van der Waals surface area contributed by atoms with Gasteiger partial charge in [0, 0.05) is 50.5 Å². The Morgan fingerprint density at radius 2 is 1.88 bits per heavy atom. The number of halogens is 2. The summed E-state index contributed by atoms with van der Waals surface area (Å²) in [5, 5.41) is 0. The second-order valence-electron chi connectivity index (χ2n) is 6.57. The highest BCUT2D eigenvalue weighted by molar-refractivity contribution is 5.85. The van der Waals surface area contributed by atoms with Crippen LogP contribution in [0, 0.1) is 0 Å². The SMILES string of the molecule is CCOC1CCN(c2cc(C3CC(N)C3)nc(COC)n2)CC1.Cl.Cl. The van der Waals surface area contributed by atoms with Gasteiger partial charge in [-0.25, -0.2) is 9.97 Å². The van der Waals surface area contributed by atoms with Crippen LogP contribution in [-0.4, -0.2) is 48.9 Å². The molecular weight excluding hydrogens is 363 g/mol. The lowest BCUT2D eigenvalue weighted by molar-refractivity contribution is 0.0458. The summed E-state index contributed by atoms with van der Waals surface area (Å²) in [6, 6.07) is 2.47. The molecule has 25 heavy (non-hydrogen) atoms. The molecule has 0 amide bonds. The number of rotatable bonds is 6. The van der Waals surface area contributed by atoms with Crippen LogP contribution in [0.1, 0.15) is 50.0 Å². The van der Waals surface area contributed by atoms with E-state index >= 15 is 0 Å². The van der Waals surface area contributed by atoms with Crippen molar-refractivity contribution in [2.45, 2.75) is 57.3 Å². The minimum Gasteiger partial charge on any atom is -0.378 e. The normalized spacial score (nSPS) is 23.4. The lowest BCUT2D eigenvalue weighted by atomic mass is 9.78. The third-order valence-corrected chi connectivity index (χ3v) is 4.81. The number of methoxy groups -OCH3 is 1. The first-order chi connectivity index (χ1) is 11.2. The van der Waals surface area contributed by atoms with Crippen molar-refractivity contribution in [1.29, 1.82) is 0 Å². The summed E-state index contributed by atoms with van der Waals surface area (Å²) in [6.45, 7) is 5.27. The van der Waals surface area contributed by atoms with E-state index in [4.69, 9.17) is 20.2 Å². The van der Waals surface area contributed by atoms with Crippen molar-refractivity contribution in [3.8, 4) is 0 Å². The van der Waals surface area contributed by atoms with Gasteiger partial charge >= 0.3 is 0 Å². The molecule has 8 heteroatoms. The third-order valence-electron chi connectivity index (χ3n) is 4.81. The maximum atomic E-state index is 5.94. The van der Waals surface area contributed by atoms with E-state index in [0.717, 1.165) is 62.7 Å². The molecule has 6 nitrogen and oxygen atoms in total. The van der Waals surface area contributed by atoms with E-state index in [1.54, 1.807) is 7.11 Å². The van der Waals surface area contributed by atoms with Crippen LogP contribution in [-0.2, 0) is 16.1 Å². The summed E-state index contributed by atoms with van der Waals surface area (Å²) in [6.07, 6.45) is 4.55. The van der Waals surface area contributed by atoms with Gasteiger partial charge in [0.05, 0.1) is 6.10 Å². The van der Waals surface area contributed by atoms with Crippen LogP contribution in [0.15, 0.2) is 6.07 Å². The summed E-state index contributed by atoms with van der Waals surface area (Å²) in [5.41, 5.74) is 7.06. The summed E-state index contributed by atoms with van der Waals surface area (Å²) in [5.74, 6) is 2.27. The zero-order chi connectivity index (χ0) is 16.2. The average molecular weight is 393 g/mol. The Morgan fingerprint density at radius 1 is 1.20 bits per heavy atom. The first-order valence-corrected chi connectivity index (χ1v) is 8.68. The van der Waals surface area contributed by atoms with Crippen molar-refractivity contribution in [2.24, 2.45) is 5.73 Å². The number of nitrogens with zero attached hydrogens (tertiary/aromatic N) is 3. The van der Waals surface area contributed by atoms with Gasteiger partial charge in [-0.2, -0.15) is 0 Å². The molecule has 0 unspecified atom stereocenters. The van der Waals surface area contributed by atoms with Crippen LogP contribution in [0.2, 0.25) is 0 Å². The Labute approximate surface area is 162 Å². The van der Waals surface area contributed by atoms with E-state index in [1.807, 2.05) is 0 Å². The second kappa shape index (κ2) is 10.5. The van der Waals surface area contributed by atoms with E-state index in [0.29, 0.717) is 24.7 Å². The van der Waals surface area contributed by atoms with Gasteiger partial charge in [-0.1, -0.05) is 0 Å². The first kappa shape index (κ1) is 22.4. The monoisotopic (exact) mass is 392 g/mol. The fourth-order valence-corrected chi connectivity index (χ4v) is 3.46. The molecule has 2 fully saturated rings. The minimum atomic E-state index is 0. The molecule has 0 spiro atoms. The molecule has 3 rings (SSSR count). The van der Waals surface area contributed by atoms with Crippen LogP contribution in [0.4, 0.5) is 5.82 Å². The van der Waals surface area contributed by atoms with Crippen LogP contribution in [0.25, 0.3) is 0 Å².